The number of aliphatic carboxylic acids is 2. The van der Waals surface area contributed by atoms with Gasteiger partial charge in [0.1, 0.15) is 24.3 Å². The number of benzene rings is 2. The predicted octanol–water partition coefficient (Wildman–Crippen LogP) is -3.06. The molecular formula is C24H25B2N3O11. The van der Waals surface area contributed by atoms with Crippen LogP contribution in [-0.2, 0) is 33.3 Å². The van der Waals surface area contributed by atoms with Gasteiger partial charge < -0.3 is 45.5 Å². The molecular weight excluding hydrogens is 528 g/mol. The second-order valence-corrected chi connectivity index (χ2v) is 9.13. The molecule has 0 fully saturated rings. The molecule has 7 N–H and O–H groups in total. The molecule has 0 aromatic heterocycles. The first kappa shape index (κ1) is 28.8. The van der Waals surface area contributed by atoms with Crippen LogP contribution < -0.4 is 26.9 Å². The normalized spacial score (nSPS) is 18.8. The first-order chi connectivity index (χ1) is 19.1. The lowest BCUT2D eigenvalue weighted by atomic mass is 9.79. The number of hydrogen-bond acceptors (Lipinski definition) is 9. The van der Waals surface area contributed by atoms with Gasteiger partial charge in [0.05, 0.1) is 0 Å². The van der Waals surface area contributed by atoms with Crippen LogP contribution in [0.2, 0.25) is 0 Å². The van der Waals surface area contributed by atoms with Crippen molar-refractivity contribution in [3.63, 3.8) is 0 Å². The van der Waals surface area contributed by atoms with Crippen LogP contribution in [0.4, 0.5) is 0 Å². The lowest BCUT2D eigenvalue weighted by molar-refractivity contribution is -0.143. The molecule has 2 aromatic rings. The van der Waals surface area contributed by atoms with Crippen molar-refractivity contribution in [2.24, 2.45) is 0 Å². The Morgan fingerprint density at radius 3 is 1.82 bits per heavy atom. The fraction of sp³-hybridized carbons (Fsp3) is 0.292. The number of hydrogen-bond donors (Lipinski definition) is 7. The molecule has 40 heavy (non-hydrogen) atoms. The molecule has 2 heterocycles. The quantitative estimate of drug-likeness (QED) is 0.139. The summed E-state index contributed by atoms with van der Waals surface area (Å²) in [4.78, 5) is 61.7. The molecule has 2 aliphatic heterocycles. The maximum atomic E-state index is 13.1. The van der Waals surface area contributed by atoms with Gasteiger partial charge in [0.2, 0.25) is 5.91 Å². The Hall–Kier alpha value is -4.24. The first-order valence-electron chi connectivity index (χ1n) is 12.2. The van der Waals surface area contributed by atoms with E-state index in [4.69, 9.17) is 14.4 Å². The Bertz CT molecular complexity index is 1330. The van der Waals surface area contributed by atoms with Gasteiger partial charge in [-0.25, -0.2) is 4.79 Å². The molecule has 2 aromatic carbocycles. The molecule has 0 radical (unpaired) electrons. The van der Waals surface area contributed by atoms with E-state index in [0.717, 1.165) is 0 Å². The number of nitrogens with one attached hydrogen (secondary N) is 3. The van der Waals surface area contributed by atoms with Gasteiger partial charge in [-0.2, -0.15) is 0 Å². The molecule has 4 atom stereocenters. The van der Waals surface area contributed by atoms with Gasteiger partial charge >= 0.3 is 26.2 Å². The summed E-state index contributed by atoms with van der Waals surface area (Å²) in [5, 5.41) is 45.6. The van der Waals surface area contributed by atoms with Gasteiger partial charge in [-0.15, -0.1) is 0 Å². The summed E-state index contributed by atoms with van der Waals surface area (Å²) in [6.07, 6.45) is -3.50. The fourth-order valence-corrected chi connectivity index (χ4v) is 4.46. The lowest BCUT2D eigenvalue weighted by Crippen LogP contribution is -2.56. The number of rotatable bonds is 11. The van der Waals surface area contributed by atoms with Crippen LogP contribution in [0, 0.1) is 0 Å². The first-order valence-corrected chi connectivity index (χ1v) is 12.2. The van der Waals surface area contributed by atoms with Gasteiger partial charge in [0, 0.05) is 13.0 Å². The smallest absolute Gasteiger partial charge is 0.481 e. The minimum absolute atomic E-state index is 0.352. The Kier molecular flexibility index (Phi) is 8.84. The molecule has 4 rings (SSSR count). The number of carbonyl (C=O) groups is 5. The molecule has 16 heteroatoms. The zero-order chi connectivity index (χ0) is 29.0. The van der Waals surface area contributed by atoms with Crippen molar-refractivity contribution < 1.29 is 53.5 Å². The summed E-state index contributed by atoms with van der Waals surface area (Å²) in [6, 6.07) is 9.72. The largest absolute Gasteiger partial charge is 0.492 e. The van der Waals surface area contributed by atoms with Crippen LogP contribution >= 0.6 is 0 Å². The van der Waals surface area contributed by atoms with Crippen LogP contribution in [0.1, 0.15) is 36.2 Å². The van der Waals surface area contributed by atoms with Crippen molar-refractivity contribution in [1.29, 1.82) is 0 Å². The van der Waals surface area contributed by atoms with E-state index in [1.165, 1.54) is 0 Å². The minimum Gasteiger partial charge on any atom is -0.481 e. The monoisotopic (exact) mass is 553 g/mol. The molecule has 208 valence electrons. The zero-order valence-corrected chi connectivity index (χ0v) is 20.9. The van der Waals surface area contributed by atoms with Crippen molar-refractivity contribution in [2.45, 2.75) is 37.1 Å². The highest BCUT2D eigenvalue weighted by Crippen LogP contribution is 2.24. The Morgan fingerprint density at radius 1 is 0.775 bits per heavy atom. The summed E-state index contributed by atoms with van der Waals surface area (Å²) >= 11 is 0. The summed E-state index contributed by atoms with van der Waals surface area (Å²) in [5.41, 5.74) is 1.50. The SMILES string of the molecule is O=C(O)CC[C@H](NC(=O)[C@H](CNC(=O)C1OB(O)c2ccccc21)NC(=O)C1OB(O)c2ccccc21)C(=O)O. The van der Waals surface area contributed by atoms with E-state index in [9.17, 15) is 39.1 Å². The maximum absolute atomic E-state index is 13.1. The van der Waals surface area contributed by atoms with E-state index < -0.39 is 87.6 Å². The van der Waals surface area contributed by atoms with Gasteiger partial charge in [0.25, 0.3) is 11.8 Å². The van der Waals surface area contributed by atoms with Gasteiger partial charge in [-0.1, -0.05) is 48.5 Å². The van der Waals surface area contributed by atoms with Crippen molar-refractivity contribution in [3.8, 4) is 0 Å². The Morgan fingerprint density at radius 2 is 1.30 bits per heavy atom. The summed E-state index contributed by atoms with van der Waals surface area (Å²) in [7, 11) is -2.74. The lowest BCUT2D eigenvalue weighted by Gasteiger charge is -2.24. The van der Waals surface area contributed by atoms with E-state index in [1.54, 1.807) is 48.5 Å². The third-order valence-corrected chi connectivity index (χ3v) is 6.47. The number of carboxylic acids is 2. The number of carbonyl (C=O) groups excluding carboxylic acids is 3. The van der Waals surface area contributed by atoms with Crippen LogP contribution in [0.5, 0.6) is 0 Å². The van der Waals surface area contributed by atoms with E-state index in [-0.39, 0.29) is 0 Å². The topological polar surface area (TPSA) is 221 Å². The third-order valence-electron chi connectivity index (χ3n) is 6.47. The minimum atomic E-state index is -1.59. The highest BCUT2D eigenvalue weighted by atomic mass is 16.5. The van der Waals surface area contributed by atoms with E-state index in [0.29, 0.717) is 22.1 Å². The summed E-state index contributed by atoms with van der Waals surface area (Å²) in [6.45, 7) is -0.531. The molecule has 0 spiro atoms. The molecule has 0 aliphatic carbocycles. The van der Waals surface area contributed by atoms with Gasteiger partial charge in [-0.05, 0) is 28.5 Å². The predicted molar refractivity (Wildman–Crippen MR) is 137 cm³/mol. The highest BCUT2D eigenvalue weighted by molar-refractivity contribution is 6.62. The van der Waals surface area contributed by atoms with Crippen LogP contribution in [0.3, 0.4) is 0 Å². The van der Waals surface area contributed by atoms with Gasteiger partial charge in [0.15, 0.2) is 0 Å². The average Bonchev–Trinajstić information content (AvgIpc) is 3.45. The molecule has 0 saturated carbocycles. The Balaban J connectivity index is 1.50. The maximum Gasteiger partial charge on any atom is 0.492 e. The molecule has 14 nitrogen and oxygen atoms in total. The van der Waals surface area contributed by atoms with Crippen LogP contribution in [0.15, 0.2) is 48.5 Å². The molecule has 0 bridgehead atoms. The number of carboxylic acid groups (broad SMARTS) is 2. The Labute approximate surface area is 228 Å². The fourth-order valence-electron chi connectivity index (χ4n) is 4.46. The zero-order valence-electron chi connectivity index (χ0n) is 20.9. The van der Waals surface area contributed by atoms with Crippen molar-refractivity contribution in [1.82, 2.24) is 16.0 Å². The summed E-state index contributed by atoms with van der Waals surface area (Å²) < 4.78 is 10.7. The van der Waals surface area contributed by atoms with Gasteiger partial charge in [-0.3, -0.25) is 19.2 Å². The summed E-state index contributed by atoms with van der Waals surface area (Å²) in [5.74, 6) is -5.38. The molecule has 2 unspecified atom stereocenters. The average molecular weight is 553 g/mol. The van der Waals surface area contributed by atoms with E-state index in [2.05, 4.69) is 16.0 Å². The second kappa shape index (κ2) is 12.3. The van der Waals surface area contributed by atoms with Crippen molar-refractivity contribution >= 4 is 54.8 Å². The standard InChI is InChI=1S/C24H25B2N3O11/c30-18(31)10-9-16(24(35)36)28-21(32)17(29-23(34)20-13-6-2-4-8-15(13)26(38)40-20)11-27-22(33)19-12-5-1-3-7-14(12)25(37)39-19/h1-8,16-17,19-20,37-38H,9-11H2,(H,27,33)(H,28,32)(H,29,34)(H,30,31)(H,35,36)/t16-,17-,19?,20?/m0/s1. The third kappa shape index (κ3) is 6.31. The number of amides is 3. The molecule has 3 amide bonds. The highest BCUT2D eigenvalue weighted by Gasteiger charge is 2.41. The van der Waals surface area contributed by atoms with Crippen molar-refractivity contribution in [3.05, 3.63) is 59.7 Å². The van der Waals surface area contributed by atoms with Crippen molar-refractivity contribution in [2.75, 3.05) is 6.54 Å². The number of fused-ring (bicyclic) bond motifs is 2. The second-order valence-electron chi connectivity index (χ2n) is 9.13. The van der Waals surface area contributed by atoms with Crippen LogP contribution in [0.25, 0.3) is 0 Å². The van der Waals surface area contributed by atoms with E-state index in [1.807, 2.05) is 0 Å². The molecule has 0 saturated heterocycles. The van der Waals surface area contributed by atoms with E-state index >= 15 is 0 Å². The van der Waals surface area contributed by atoms with Crippen LogP contribution in [-0.4, -0.2) is 82.8 Å². The molecule has 2 aliphatic rings.